The van der Waals surface area contributed by atoms with E-state index in [2.05, 4.69) is 19.1 Å². The molecule has 138 valence electrons. The summed E-state index contributed by atoms with van der Waals surface area (Å²) in [5.41, 5.74) is 0. The summed E-state index contributed by atoms with van der Waals surface area (Å²) in [4.78, 5) is 12.9. The van der Waals surface area contributed by atoms with Gasteiger partial charge in [0.25, 0.3) is 0 Å². The summed E-state index contributed by atoms with van der Waals surface area (Å²) in [5, 5.41) is 4.25. The van der Waals surface area contributed by atoms with E-state index in [4.69, 9.17) is 4.52 Å². The molecule has 0 amide bonds. The summed E-state index contributed by atoms with van der Waals surface area (Å²) in [6.07, 6.45) is 10.2. The quantitative estimate of drug-likeness (QED) is 0.287. The molecule has 0 saturated carbocycles. The lowest BCUT2D eigenvalue weighted by Gasteiger charge is -2.10. The predicted octanol–water partition coefficient (Wildman–Crippen LogP) is 6.91. The molecule has 0 saturated heterocycles. The van der Waals surface area contributed by atoms with Gasteiger partial charge in [-0.25, -0.2) is 0 Å². The van der Waals surface area contributed by atoms with Crippen LogP contribution < -0.4 is 9.68 Å². The van der Waals surface area contributed by atoms with Crippen molar-refractivity contribution in [3.63, 3.8) is 0 Å². The van der Waals surface area contributed by atoms with Crippen molar-refractivity contribution in [3.05, 3.63) is 58.5 Å². The summed E-state index contributed by atoms with van der Waals surface area (Å²) in [6.45, 7) is 2.94. The zero-order valence-corrected chi connectivity index (χ0v) is 16.6. The SMILES string of the molecule is CCCCCCCCCCOp1c(=O)c2ccccc2c2ccccc21. The number of rotatable bonds is 10. The second-order valence-electron chi connectivity index (χ2n) is 6.97. The molecule has 0 aliphatic rings. The van der Waals surface area contributed by atoms with Crippen LogP contribution in [0.4, 0.5) is 0 Å². The van der Waals surface area contributed by atoms with Gasteiger partial charge in [-0.2, -0.15) is 0 Å². The van der Waals surface area contributed by atoms with Crippen LogP contribution >= 0.6 is 7.76 Å². The molecule has 3 aromatic rings. The van der Waals surface area contributed by atoms with E-state index in [1.165, 1.54) is 44.9 Å². The Morgan fingerprint density at radius 3 is 2.04 bits per heavy atom. The fourth-order valence-corrected chi connectivity index (χ4v) is 5.36. The van der Waals surface area contributed by atoms with Gasteiger partial charge in [0.2, 0.25) is 5.16 Å². The van der Waals surface area contributed by atoms with E-state index in [0.29, 0.717) is 6.61 Å². The van der Waals surface area contributed by atoms with Gasteiger partial charge < -0.3 is 4.52 Å². The van der Waals surface area contributed by atoms with Crippen LogP contribution in [0.15, 0.2) is 53.3 Å². The largest absolute Gasteiger partial charge is 0.328 e. The molecule has 0 radical (unpaired) electrons. The Kier molecular flexibility index (Phi) is 7.29. The summed E-state index contributed by atoms with van der Waals surface area (Å²) in [7, 11) is -1.21. The molecule has 26 heavy (non-hydrogen) atoms. The highest BCUT2D eigenvalue weighted by molar-refractivity contribution is 7.50. The minimum Gasteiger partial charge on any atom is -0.328 e. The Labute approximate surface area is 157 Å². The Morgan fingerprint density at radius 2 is 1.31 bits per heavy atom. The van der Waals surface area contributed by atoms with E-state index in [1.54, 1.807) is 0 Å². The second kappa shape index (κ2) is 9.90. The van der Waals surface area contributed by atoms with Crippen LogP contribution in [-0.2, 0) is 0 Å². The predicted molar refractivity (Wildman–Crippen MR) is 114 cm³/mol. The first kappa shape index (κ1) is 19.1. The van der Waals surface area contributed by atoms with Gasteiger partial charge >= 0.3 is 0 Å². The molecule has 0 fully saturated rings. The third kappa shape index (κ3) is 4.55. The molecule has 0 aliphatic heterocycles. The van der Waals surface area contributed by atoms with Crippen molar-refractivity contribution in [3.8, 4) is 0 Å². The molecule has 1 atom stereocenters. The monoisotopic (exact) mass is 368 g/mol. The van der Waals surface area contributed by atoms with Crippen molar-refractivity contribution >= 4 is 29.0 Å². The first-order chi connectivity index (χ1) is 12.8. The maximum Gasteiger partial charge on any atom is 0.230 e. The fourth-order valence-electron chi connectivity index (χ4n) is 3.52. The summed E-state index contributed by atoms with van der Waals surface area (Å²) < 4.78 is 6.14. The van der Waals surface area contributed by atoms with Gasteiger partial charge in [-0.05, 0) is 29.3 Å². The normalized spacial score (nSPS) is 12.1. The van der Waals surface area contributed by atoms with Crippen molar-refractivity contribution in [2.24, 2.45) is 0 Å². The third-order valence-corrected chi connectivity index (χ3v) is 6.85. The van der Waals surface area contributed by atoms with Crippen molar-refractivity contribution in [2.75, 3.05) is 6.61 Å². The van der Waals surface area contributed by atoms with Crippen LogP contribution in [0.25, 0.3) is 21.3 Å². The molecule has 1 heterocycles. The number of benzene rings is 2. The first-order valence-corrected chi connectivity index (χ1v) is 11.2. The zero-order valence-electron chi connectivity index (χ0n) is 15.7. The average Bonchev–Trinajstić information content (AvgIpc) is 2.69. The van der Waals surface area contributed by atoms with Gasteiger partial charge in [-0.15, -0.1) is 0 Å². The molecule has 3 heteroatoms. The first-order valence-electron chi connectivity index (χ1n) is 9.98. The van der Waals surface area contributed by atoms with Gasteiger partial charge in [-0.1, -0.05) is 88.3 Å². The lowest BCUT2D eigenvalue weighted by molar-refractivity contribution is 0.402. The topological polar surface area (TPSA) is 26.3 Å². The summed E-state index contributed by atoms with van der Waals surface area (Å²) in [5.74, 6) is 0. The maximum atomic E-state index is 12.9. The molecule has 1 unspecified atom stereocenters. The van der Waals surface area contributed by atoms with Crippen LogP contribution in [0, 0.1) is 0 Å². The van der Waals surface area contributed by atoms with Gasteiger partial charge in [0, 0.05) is 10.5 Å². The van der Waals surface area contributed by atoms with E-state index in [0.717, 1.165) is 27.7 Å². The van der Waals surface area contributed by atoms with Gasteiger partial charge in [0.1, 0.15) is 0 Å². The molecule has 0 bridgehead atoms. The Bertz CT molecular complexity index is 897. The molecule has 0 aliphatic carbocycles. The van der Waals surface area contributed by atoms with E-state index in [-0.39, 0.29) is 5.16 Å². The molecule has 2 aromatic carbocycles. The van der Waals surface area contributed by atoms with Gasteiger partial charge in [0.15, 0.2) is 0 Å². The molecule has 3 rings (SSSR count). The standard InChI is InChI=1S/C23H29O2P/c1-2-3-4-5-6-7-8-13-18-25-26-22-17-12-11-15-20(22)19-14-9-10-16-21(19)23(26)24/h9-12,14-17H,2-8,13,18H2,1H3. The van der Waals surface area contributed by atoms with Crippen molar-refractivity contribution in [2.45, 2.75) is 58.3 Å². The lowest BCUT2D eigenvalue weighted by atomic mass is 10.1. The van der Waals surface area contributed by atoms with Crippen molar-refractivity contribution in [1.82, 2.24) is 0 Å². The third-order valence-electron chi connectivity index (χ3n) is 4.97. The molecule has 0 spiro atoms. The minimum absolute atomic E-state index is 0.161. The highest BCUT2D eigenvalue weighted by Gasteiger charge is 2.11. The van der Waals surface area contributed by atoms with Crippen LogP contribution in [0.2, 0.25) is 0 Å². The van der Waals surface area contributed by atoms with Crippen LogP contribution in [-0.4, -0.2) is 6.61 Å². The lowest BCUT2D eigenvalue weighted by Crippen LogP contribution is -2.06. The number of unbranched alkanes of at least 4 members (excludes halogenated alkanes) is 7. The second-order valence-corrected chi connectivity index (χ2v) is 8.71. The van der Waals surface area contributed by atoms with Crippen molar-refractivity contribution in [1.29, 1.82) is 0 Å². The van der Waals surface area contributed by atoms with Crippen LogP contribution in [0.5, 0.6) is 0 Å². The molecular formula is C23H29O2P. The highest BCUT2D eigenvalue weighted by Crippen LogP contribution is 2.35. The molecular weight excluding hydrogens is 339 g/mol. The van der Waals surface area contributed by atoms with E-state index in [1.807, 2.05) is 36.4 Å². The summed E-state index contributed by atoms with van der Waals surface area (Å²) >= 11 is 0. The number of fused-ring (bicyclic) bond motifs is 3. The fraction of sp³-hybridized carbons (Fsp3) is 0.435. The zero-order chi connectivity index (χ0) is 18.2. The van der Waals surface area contributed by atoms with E-state index >= 15 is 0 Å². The van der Waals surface area contributed by atoms with Crippen LogP contribution in [0.3, 0.4) is 0 Å². The van der Waals surface area contributed by atoms with Crippen molar-refractivity contribution < 1.29 is 4.52 Å². The number of hydrogen-bond acceptors (Lipinski definition) is 2. The van der Waals surface area contributed by atoms with Crippen LogP contribution in [0.1, 0.15) is 58.3 Å². The van der Waals surface area contributed by atoms with E-state index in [9.17, 15) is 4.79 Å². The highest BCUT2D eigenvalue weighted by atomic mass is 31.1. The molecule has 1 aromatic heterocycles. The average molecular weight is 368 g/mol. The maximum absolute atomic E-state index is 12.9. The smallest absolute Gasteiger partial charge is 0.230 e. The van der Waals surface area contributed by atoms with Gasteiger partial charge in [-0.3, -0.25) is 4.79 Å². The minimum atomic E-state index is -1.21. The Balaban J connectivity index is 1.64. The molecule has 0 N–H and O–H groups in total. The summed E-state index contributed by atoms with van der Waals surface area (Å²) in [6, 6.07) is 16.1. The number of hydrogen-bond donors (Lipinski definition) is 0. The Morgan fingerprint density at radius 1 is 0.731 bits per heavy atom. The molecule has 2 nitrogen and oxygen atoms in total. The Hall–Kier alpha value is -1.63. The van der Waals surface area contributed by atoms with E-state index < -0.39 is 7.76 Å². The van der Waals surface area contributed by atoms with Gasteiger partial charge in [0.05, 0.1) is 14.4 Å².